The van der Waals surface area contributed by atoms with Gasteiger partial charge in [0.1, 0.15) is 11.6 Å². The van der Waals surface area contributed by atoms with Gasteiger partial charge in [-0.1, -0.05) is 11.6 Å². The van der Waals surface area contributed by atoms with Gasteiger partial charge in [-0.25, -0.2) is 19.4 Å². The summed E-state index contributed by atoms with van der Waals surface area (Å²) in [6.45, 7) is 1.77. The molecule has 3 N–H and O–H groups in total. The van der Waals surface area contributed by atoms with Crippen LogP contribution in [0, 0.1) is 18.2 Å². The van der Waals surface area contributed by atoms with Gasteiger partial charge in [0.15, 0.2) is 11.5 Å². The minimum absolute atomic E-state index is 0.137. The number of nitrogens with zero attached hydrogens (tertiary/aromatic N) is 3. The summed E-state index contributed by atoms with van der Waals surface area (Å²) < 4.78 is 13.2. The van der Waals surface area contributed by atoms with E-state index in [1.165, 1.54) is 18.3 Å². The lowest BCUT2D eigenvalue weighted by atomic mass is 10.2. The Labute approximate surface area is 129 Å². The molecule has 0 bridgehead atoms. The van der Waals surface area contributed by atoms with Gasteiger partial charge in [-0.2, -0.15) is 0 Å². The molecular weight excluding hydrogens is 309 g/mol. The van der Waals surface area contributed by atoms with Crippen LogP contribution < -0.4 is 5.06 Å². The largest absolute Gasteiger partial charge is 0.340 e. The standard InChI is InChI=1S/C14H11ClFN5O/c1-7-19-12-9(4-5-18-14(12)20-7)13(17)21(22)8-2-3-11(16)10(15)6-8/h2-6,17,22H,1H3,(H,18,19,20). The number of nitrogens with one attached hydrogen (secondary N) is 2. The number of rotatable bonds is 2. The van der Waals surface area contributed by atoms with Crippen molar-refractivity contribution in [1.82, 2.24) is 15.0 Å². The number of benzene rings is 1. The quantitative estimate of drug-likeness (QED) is 0.384. The number of aromatic nitrogens is 3. The number of H-pyrrole nitrogens is 1. The molecule has 0 fully saturated rings. The highest BCUT2D eigenvalue weighted by atomic mass is 35.5. The number of hydrogen-bond acceptors (Lipinski definition) is 4. The van der Waals surface area contributed by atoms with Gasteiger partial charge in [-0.15, -0.1) is 0 Å². The number of aryl methyl sites for hydroxylation is 1. The maximum absolute atomic E-state index is 13.2. The van der Waals surface area contributed by atoms with Gasteiger partial charge >= 0.3 is 0 Å². The van der Waals surface area contributed by atoms with Crippen molar-refractivity contribution in [2.24, 2.45) is 0 Å². The van der Waals surface area contributed by atoms with Crippen LogP contribution in [-0.4, -0.2) is 26.0 Å². The summed E-state index contributed by atoms with van der Waals surface area (Å²) in [5.41, 5.74) is 1.58. The molecule has 0 saturated heterocycles. The molecule has 0 radical (unpaired) electrons. The lowest BCUT2D eigenvalue weighted by Gasteiger charge is -2.18. The number of amidine groups is 1. The zero-order chi connectivity index (χ0) is 15.9. The fourth-order valence-electron chi connectivity index (χ4n) is 2.08. The number of hydroxylamine groups is 1. The third kappa shape index (κ3) is 2.40. The molecule has 0 unspecified atom stereocenters. The summed E-state index contributed by atoms with van der Waals surface area (Å²) in [6.07, 6.45) is 1.50. The number of aromatic amines is 1. The minimum atomic E-state index is -0.596. The number of pyridine rings is 1. The van der Waals surface area contributed by atoms with Crippen molar-refractivity contribution in [3.8, 4) is 0 Å². The molecule has 0 aliphatic rings. The molecule has 22 heavy (non-hydrogen) atoms. The third-order valence-corrected chi connectivity index (χ3v) is 3.41. The van der Waals surface area contributed by atoms with Crippen molar-refractivity contribution in [2.75, 3.05) is 5.06 Å². The van der Waals surface area contributed by atoms with Gasteiger partial charge < -0.3 is 4.98 Å². The second kappa shape index (κ2) is 5.36. The van der Waals surface area contributed by atoms with Crippen molar-refractivity contribution in [3.63, 3.8) is 0 Å². The Morgan fingerprint density at radius 2 is 2.18 bits per heavy atom. The van der Waals surface area contributed by atoms with E-state index in [1.54, 1.807) is 13.0 Å². The molecule has 2 aromatic heterocycles. The molecule has 112 valence electrons. The highest BCUT2D eigenvalue weighted by Gasteiger charge is 2.17. The van der Waals surface area contributed by atoms with E-state index in [9.17, 15) is 9.60 Å². The van der Waals surface area contributed by atoms with Crippen LogP contribution in [0.25, 0.3) is 11.2 Å². The van der Waals surface area contributed by atoms with E-state index in [0.717, 1.165) is 6.07 Å². The number of hydrogen-bond donors (Lipinski definition) is 3. The number of anilines is 1. The Hall–Kier alpha value is -2.51. The molecule has 0 spiro atoms. The minimum Gasteiger partial charge on any atom is -0.340 e. The molecule has 0 atom stereocenters. The van der Waals surface area contributed by atoms with Crippen LogP contribution in [0.5, 0.6) is 0 Å². The summed E-state index contributed by atoms with van der Waals surface area (Å²) in [5, 5.41) is 18.8. The lowest BCUT2D eigenvalue weighted by molar-refractivity contribution is 0.312. The fraction of sp³-hybridized carbons (Fsp3) is 0.0714. The highest BCUT2D eigenvalue weighted by molar-refractivity contribution is 6.31. The van der Waals surface area contributed by atoms with Gasteiger partial charge in [-0.05, 0) is 31.2 Å². The second-order valence-corrected chi connectivity index (χ2v) is 5.05. The number of halogens is 2. The molecule has 3 aromatic rings. The maximum Gasteiger partial charge on any atom is 0.178 e. The SMILES string of the molecule is Cc1nc2nccc(C(=N)N(O)c3ccc(F)c(Cl)c3)c2[nH]1. The van der Waals surface area contributed by atoms with E-state index in [0.29, 0.717) is 27.6 Å². The van der Waals surface area contributed by atoms with Gasteiger partial charge in [-0.3, -0.25) is 10.6 Å². The maximum atomic E-state index is 13.2. The van der Waals surface area contributed by atoms with Crippen LogP contribution in [0.2, 0.25) is 5.02 Å². The first-order valence-electron chi connectivity index (χ1n) is 6.31. The Balaban J connectivity index is 2.03. The average molecular weight is 320 g/mol. The normalized spacial score (nSPS) is 10.9. The van der Waals surface area contributed by atoms with E-state index >= 15 is 0 Å². The van der Waals surface area contributed by atoms with Crippen LogP contribution in [0.1, 0.15) is 11.4 Å². The van der Waals surface area contributed by atoms with E-state index in [1.807, 2.05) is 0 Å². The van der Waals surface area contributed by atoms with Crippen LogP contribution in [0.4, 0.5) is 10.1 Å². The molecule has 8 heteroatoms. The molecule has 2 heterocycles. The van der Waals surface area contributed by atoms with Gasteiger partial charge in [0, 0.05) is 11.8 Å². The van der Waals surface area contributed by atoms with E-state index < -0.39 is 5.82 Å². The summed E-state index contributed by atoms with van der Waals surface area (Å²) in [5.74, 6) is -0.156. The Morgan fingerprint density at radius 1 is 1.41 bits per heavy atom. The molecule has 0 aliphatic heterocycles. The van der Waals surface area contributed by atoms with Crippen molar-refractivity contribution in [1.29, 1.82) is 5.41 Å². The van der Waals surface area contributed by atoms with E-state index in [4.69, 9.17) is 17.0 Å². The molecule has 6 nitrogen and oxygen atoms in total. The van der Waals surface area contributed by atoms with Crippen LogP contribution in [-0.2, 0) is 0 Å². The van der Waals surface area contributed by atoms with Crippen molar-refractivity contribution < 1.29 is 9.60 Å². The molecule has 0 aliphatic carbocycles. The zero-order valence-electron chi connectivity index (χ0n) is 11.4. The van der Waals surface area contributed by atoms with Gasteiger partial charge in [0.25, 0.3) is 0 Å². The van der Waals surface area contributed by atoms with Crippen LogP contribution in [0.15, 0.2) is 30.5 Å². The molecule has 0 saturated carbocycles. The summed E-state index contributed by atoms with van der Waals surface area (Å²) in [6, 6.07) is 5.27. The monoisotopic (exact) mass is 319 g/mol. The Bertz CT molecular complexity index is 879. The van der Waals surface area contributed by atoms with E-state index in [-0.39, 0.29) is 16.5 Å². The summed E-state index contributed by atoms with van der Waals surface area (Å²) >= 11 is 5.70. The lowest BCUT2D eigenvalue weighted by Crippen LogP contribution is -2.27. The summed E-state index contributed by atoms with van der Waals surface area (Å²) in [7, 11) is 0. The number of imidazole rings is 1. The first-order valence-corrected chi connectivity index (χ1v) is 6.69. The molecular formula is C14H11ClFN5O. The molecule has 1 aromatic carbocycles. The average Bonchev–Trinajstić information content (AvgIpc) is 2.88. The van der Waals surface area contributed by atoms with Gasteiger partial charge in [0.2, 0.25) is 0 Å². The third-order valence-electron chi connectivity index (χ3n) is 3.13. The topological polar surface area (TPSA) is 88.9 Å². The molecule has 0 amide bonds. The van der Waals surface area contributed by atoms with Crippen LogP contribution in [0.3, 0.4) is 0 Å². The summed E-state index contributed by atoms with van der Waals surface area (Å²) in [4.78, 5) is 11.3. The zero-order valence-corrected chi connectivity index (χ0v) is 12.2. The first-order chi connectivity index (χ1) is 10.5. The number of fused-ring (bicyclic) bond motifs is 1. The van der Waals surface area contributed by atoms with Crippen molar-refractivity contribution in [3.05, 3.63) is 52.7 Å². The fourth-order valence-corrected chi connectivity index (χ4v) is 2.26. The predicted octanol–water partition coefficient (Wildman–Crippen LogP) is 3.28. The predicted molar refractivity (Wildman–Crippen MR) is 81.1 cm³/mol. The Kier molecular flexibility index (Phi) is 3.51. The van der Waals surface area contributed by atoms with Crippen molar-refractivity contribution in [2.45, 2.75) is 6.92 Å². The smallest absolute Gasteiger partial charge is 0.178 e. The highest BCUT2D eigenvalue weighted by Crippen LogP contribution is 2.24. The molecule has 3 rings (SSSR count). The second-order valence-electron chi connectivity index (χ2n) is 4.64. The Morgan fingerprint density at radius 3 is 2.91 bits per heavy atom. The van der Waals surface area contributed by atoms with E-state index in [2.05, 4.69) is 15.0 Å². The van der Waals surface area contributed by atoms with Crippen LogP contribution >= 0.6 is 11.6 Å². The first kappa shape index (κ1) is 14.4. The van der Waals surface area contributed by atoms with Gasteiger partial charge in [0.05, 0.1) is 16.2 Å². The van der Waals surface area contributed by atoms with Crippen molar-refractivity contribution >= 4 is 34.3 Å².